The van der Waals surface area contributed by atoms with Crippen molar-refractivity contribution in [3.8, 4) is 0 Å². The van der Waals surface area contributed by atoms with Crippen molar-refractivity contribution in [2.75, 3.05) is 0 Å². The molecule has 0 radical (unpaired) electrons. The zero-order valence-electron chi connectivity index (χ0n) is 6.07. The van der Waals surface area contributed by atoms with Crippen LogP contribution in [-0.2, 0) is 0 Å². The van der Waals surface area contributed by atoms with Crippen LogP contribution in [0.25, 0.3) is 0 Å². The van der Waals surface area contributed by atoms with Crippen molar-refractivity contribution in [3.63, 3.8) is 0 Å². The standard InChI is InChI=1S/C7H14O3/c1-4-2-5(8)3-6(9)7(4)10/h4-10H,2-3H2,1H3/t4-,5+,6-,7+/m0/s1. The van der Waals surface area contributed by atoms with Crippen LogP contribution in [0.15, 0.2) is 0 Å². The second-order valence-corrected chi connectivity index (χ2v) is 3.16. The van der Waals surface area contributed by atoms with E-state index in [1.807, 2.05) is 6.92 Å². The third kappa shape index (κ3) is 1.48. The lowest BCUT2D eigenvalue weighted by atomic mass is 9.84. The highest BCUT2D eigenvalue weighted by molar-refractivity contribution is 4.83. The molecule has 0 saturated heterocycles. The molecule has 10 heavy (non-hydrogen) atoms. The highest BCUT2D eigenvalue weighted by Gasteiger charge is 2.31. The fraction of sp³-hybridized carbons (Fsp3) is 1.00. The van der Waals surface area contributed by atoms with Crippen LogP contribution in [0.4, 0.5) is 0 Å². The van der Waals surface area contributed by atoms with Gasteiger partial charge in [0.15, 0.2) is 0 Å². The van der Waals surface area contributed by atoms with Crippen LogP contribution in [0, 0.1) is 5.92 Å². The van der Waals surface area contributed by atoms with Crippen molar-refractivity contribution in [1.29, 1.82) is 0 Å². The second kappa shape index (κ2) is 2.86. The molecule has 3 nitrogen and oxygen atoms in total. The van der Waals surface area contributed by atoms with Crippen LogP contribution in [0.5, 0.6) is 0 Å². The normalized spacial score (nSPS) is 49.2. The zero-order valence-corrected chi connectivity index (χ0v) is 6.07. The molecule has 4 atom stereocenters. The van der Waals surface area contributed by atoms with Gasteiger partial charge in [0.05, 0.1) is 18.3 Å². The number of aliphatic hydroxyl groups is 3. The fourth-order valence-electron chi connectivity index (χ4n) is 1.46. The Kier molecular flexibility index (Phi) is 2.28. The number of aliphatic hydroxyl groups excluding tert-OH is 3. The topological polar surface area (TPSA) is 60.7 Å². The van der Waals surface area contributed by atoms with E-state index in [4.69, 9.17) is 10.2 Å². The summed E-state index contributed by atoms with van der Waals surface area (Å²) in [5, 5.41) is 27.4. The summed E-state index contributed by atoms with van der Waals surface area (Å²) in [5.74, 6) is 0.0127. The maximum absolute atomic E-state index is 9.20. The first-order valence-corrected chi connectivity index (χ1v) is 3.65. The van der Waals surface area contributed by atoms with Gasteiger partial charge in [-0.05, 0) is 12.3 Å². The number of rotatable bonds is 0. The molecule has 0 aromatic rings. The molecule has 0 aromatic carbocycles. The van der Waals surface area contributed by atoms with Crippen LogP contribution >= 0.6 is 0 Å². The maximum Gasteiger partial charge on any atom is 0.0826 e. The van der Waals surface area contributed by atoms with Crippen molar-refractivity contribution >= 4 is 0 Å². The Hall–Kier alpha value is -0.120. The van der Waals surface area contributed by atoms with Crippen LogP contribution < -0.4 is 0 Å². The molecule has 0 heterocycles. The first-order valence-electron chi connectivity index (χ1n) is 3.65. The lowest BCUT2D eigenvalue weighted by molar-refractivity contribution is -0.0782. The Balaban J connectivity index is 2.49. The summed E-state index contributed by atoms with van der Waals surface area (Å²) in [4.78, 5) is 0. The highest BCUT2D eigenvalue weighted by atomic mass is 16.3. The Morgan fingerprint density at radius 3 is 2.20 bits per heavy atom. The Bertz CT molecular complexity index is 103. The van der Waals surface area contributed by atoms with Crippen molar-refractivity contribution in [2.24, 2.45) is 5.92 Å². The zero-order chi connectivity index (χ0) is 7.72. The van der Waals surface area contributed by atoms with Crippen molar-refractivity contribution in [1.82, 2.24) is 0 Å². The molecule has 3 heteroatoms. The molecule has 1 aliphatic carbocycles. The summed E-state index contributed by atoms with van der Waals surface area (Å²) in [6, 6.07) is 0. The van der Waals surface area contributed by atoms with Gasteiger partial charge in [-0.2, -0.15) is 0 Å². The summed E-state index contributed by atoms with van der Waals surface area (Å²) in [7, 11) is 0. The molecule has 1 aliphatic rings. The quantitative estimate of drug-likeness (QED) is 0.431. The molecule has 3 N–H and O–H groups in total. The molecule has 0 aromatic heterocycles. The third-order valence-electron chi connectivity index (χ3n) is 2.13. The molecule has 0 aliphatic heterocycles. The molecule has 0 bridgehead atoms. The first-order chi connectivity index (χ1) is 4.61. The van der Waals surface area contributed by atoms with Crippen LogP contribution in [0.1, 0.15) is 19.8 Å². The SMILES string of the molecule is C[C@H]1C[C@@H](O)C[C@H](O)[C@@H]1O. The smallest absolute Gasteiger partial charge is 0.0826 e. The fourth-order valence-corrected chi connectivity index (χ4v) is 1.46. The summed E-state index contributed by atoms with van der Waals surface area (Å²) < 4.78 is 0. The van der Waals surface area contributed by atoms with Gasteiger partial charge in [-0.3, -0.25) is 0 Å². The van der Waals surface area contributed by atoms with Gasteiger partial charge in [0.1, 0.15) is 0 Å². The van der Waals surface area contributed by atoms with E-state index < -0.39 is 18.3 Å². The van der Waals surface area contributed by atoms with Gasteiger partial charge < -0.3 is 15.3 Å². The molecule has 0 amide bonds. The Morgan fingerprint density at radius 2 is 1.70 bits per heavy atom. The molecule has 0 spiro atoms. The minimum absolute atomic E-state index is 0.0127. The van der Waals surface area contributed by atoms with Gasteiger partial charge >= 0.3 is 0 Å². The van der Waals surface area contributed by atoms with Gasteiger partial charge in [-0.15, -0.1) is 0 Å². The van der Waals surface area contributed by atoms with Gasteiger partial charge in [-0.25, -0.2) is 0 Å². The minimum Gasteiger partial charge on any atom is -0.393 e. The van der Waals surface area contributed by atoms with Crippen molar-refractivity contribution < 1.29 is 15.3 Å². The van der Waals surface area contributed by atoms with E-state index >= 15 is 0 Å². The van der Waals surface area contributed by atoms with Crippen molar-refractivity contribution in [3.05, 3.63) is 0 Å². The van der Waals surface area contributed by atoms with Gasteiger partial charge in [0, 0.05) is 6.42 Å². The largest absolute Gasteiger partial charge is 0.393 e. The molecule has 1 fully saturated rings. The molecular formula is C7H14O3. The molecule has 60 valence electrons. The second-order valence-electron chi connectivity index (χ2n) is 3.16. The van der Waals surface area contributed by atoms with E-state index in [1.54, 1.807) is 0 Å². The molecule has 1 saturated carbocycles. The third-order valence-corrected chi connectivity index (χ3v) is 2.13. The van der Waals surface area contributed by atoms with E-state index in [0.717, 1.165) is 0 Å². The van der Waals surface area contributed by atoms with E-state index in [1.165, 1.54) is 0 Å². The van der Waals surface area contributed by atoms with E-state index in [9.17, 15) is 5.11 Å². The van der Waals surface area contributed by atoms with Crippen LogP contribution in [0.2, 0.25) is 0 Å². The summed E-state index contributed by atoms with van der Waals surface area (Å²) in [6.07, 6.45) is -0.917. The molecule has 0 unspecified atom stereocenters. The van der Waals surface area contributed by atoms with E-state index in [-0.39, 0.29) is 5.92 Å². The number of hydrogen-bond donors (Lipinski definition) is 3. The average molecular weight is 146 g/mol. The summed E-state index contributed by atoms with van der Waals surface area (Å²) in [6.45, 7) is 1.83. The Morgan fingerprint density at radius 1 is 1.10 bits per heavy atom. The predicted molar refractivity (Wildman–Crippen MR) is 36.4 cm³/mol. The van der Waals surface area contributed by atoms with Crippen LogP contribution in [-0.4, -0.2) is 33.6 Å². The molecule has 1 rings (SSSR count). The lowest BCUT2D eigenvalue weighted by Crippen LogP contribution is -2.41. The highest BCUT2D eigenvalue weighted by Crippen LogP contribution is 2.24. The monoisotopic (exact) mass is 146 g/mol. The summed E-state index contributed by atoms with van der Waals surface area (Å²) in [5.41, 5.74) is 0. The van der Waals surface area contributed by atoms with E-state index in [2.05, 4.69) is 0 Å². The first kappa shape index (κ1) is 7.98. The van der Waals surface area contributed by atoms with Gasteiger partial charge in [0.25, 0.3) is 0 Å². The van der Waals surface area contributed by atoms with Crippen LogP contribution in [0.3, 0.4) is 0 Å². The van der Waals surface area contributed by atoms with E-state index in [0.29, 0.717) is 12.8 Å². The number of hydrogen-bond acceptors (Lipinski definition) is 3. The Labute approximate surface area is 60.3 Å². The average Bonchev–Trinajstić information content (AvgIpc) is 1.82. The minimum atomic E-state index is -0.737. The predicted octanol–water partition coefficient (Wildman–Crippen LogP) is -0.501. The maximum atomic E-state index is 9.20. The summed E-state index contributed by atoms with van der Waals surface area (Å²) >= 11 is 0. The van der Waals surface area contributed by atoms with Gasteiger partial charge in [-0.1, -0.05) is 6.92 Å². The lowest BCUT2D eigenvalue weighted by Gasteiger charge is -2.32. The molecular weight excluding hydrogens is 132 g/mol. The van der Waals surface area contributed by atoms with Crippen molar-refractivity contribution in [2.45, 2.75) is 38.1 Å². The van der Waals surface area contributed by atoms with Gasteiger partial charge in [0.2, 0.25) is 0 Å².